The van der Waals surface area contributed by atoms with Gasteiger partial charge in [0.25, 0.3) is 0 Å². The molecule has 1 aromatic heterocycles. The number of fused-ring (bicyclic) bond motifs is 1. The van der Waals surface area contributed by atoms with Crippen LogP contribution in [0.25, 0.3) is 10.9 Å². The zero-order valence-electron chi connectivity index (χ0n) is 7.24. The molecule has 0 spiro atoms. The number of nitrogen functional groups attached to an aromatic ring is 2. The first kappa shape index (κ1) is 8.43. The van der Waals surface area contributed by atoms with E-state index < -0.39 is 5.97 Å². The van der Waals surface area contributed by atoms with Crippen molar-refractivity contribution in [1.82, 2.24) is 4.98 Å². The van der Waals surface area contributed by atoms with Gasteiger partial charge in [0.05, 0.1) is 5.69 Å². The Balaban J connectivity index is 2.80. The van der Waals surface area contributed by atoms with Crippen LogP contribution in [0.15, 0.2) is 18.2 Å². The van der Waals surface area contributed by atoms with Crippen molar-refractivity contribution in [2.24, 2.45) is 0 Å². The molecule has 0 amide bonds. The van der Waals surface area contributed by atoms with Crippen molar-refractivity contribution in [2.45, 2.75) is 0 Å². The first-order chi connectivity index (χ1) is 6.59. The van der Waals surface area contributed by atoms with Crippen LogP contribution in [0.5, 0.6) is 0 Å². The molecule has 2 aromatic rings. The largest absolute Gasteiger partial charge is 0.477 e. The molecule has 5 heteroatoms. The minimum atomic E-state index is -1.07. The second kappa shape index (κ2) is 2.66. The quantitative estimate of drug-likeness (QED) is 0.505. The molecule has 1 heterocycles. The van der Waals surface area contributed by atoms with Gasteiger partial charge in [-0.25, -0.2) is 4.79 Å². The maximum absolute atomic E-state index is 10.7. The summed E-state index contributed by atoms with van der Waals surface area (Å²) in [5.41, 5.74) is 12.7. The minimum absolute atomic E-state index is 0.00519. The summed E-state index contributed by atoms with van der Waals surface area (Å²) in [4.78, 5) is 13.4. The van der Waals surface area contributed by atoms with Gasteiger partial charge in [0.1, 0.15) is 5.69 Å². The van der Waals surface area contributed by atoms with Gasteiger partial charge in [0.15, 0.2) is 0 Å². The van der Waals surface area contributed by atoms with Gasteiger partial charge in [0.2, 0.25) is 0 Å². The fraction of sp³-hybridized carbons (Fsp3) is 0. The molecule has 14 heavy (non-hydrogen) atoms. The fourth-order valence-electron chi connectivity index (χ4n) is 1.40. The zero-order chi connectivity index (χ0) is 10.3. The summed E-state index contributed by atoms with van der Waals surface area (Å²) in [6.45, 7) is 0. The van der Waals surface area contributed by atoms with E-state index in [9.17, 15) is 4.79 Å². The van der Waals surface area contributed by atoms with E-state index in [-0.39, 0.29) is 11.4 Å². The number of aromatic nitrogens is 1. The molecule has 6 N–H and O–H groups in total. The normalized spacial score (nSPS) is 10.6. The molecule has 0 atom stereocenters. The first-order valence-corrected chi connectivity index (χ1v) is 3.99. The number of hydrogen-bond acceptors (Lipinski definition) is 3. The van der Waals surface area contributed by atoms with Crippen LogP contribution in [0.1, 0.15) is 10.5 Å². The molecule has 5 nitrogen and oxygen atoms in total. The zero-order valence-corrected chi connectivity index (χ0v) is 7.24. The molecule has 0 saturated carbocycles. The molecular weight excluding hydrogens is 182 g/mol. The number of aromatic amines is 1. The Morgan fingerprint density at radius 1 is 1.36 bits per heavy atom. The summed E-state index contributed by atoms with van der Waals surface area (Å²) >= 11 is 0. The van der Waals surface area contributed by atoms with Crippen LogP contribution in [0.2, 0.25) is 0 Å². The first-order valence-electron chi connectivity index (χ1n) is 3.99. The molecule has 0 saturated heterocycles. The summed E-state index contributed by atoms with van der Waals surface area (Å²) in [5.74, 6) is -1.07. The highest BCUT2D eigenvalue weighted by atomic mass is 16.4. The Hall–Kier alpha value is -2.17. The van der Waals surface area contributed by atoms with Crippen LogP contribution in [0, 0.1) is 0 Å². The molecule has 0 unspecified atom stereocenters. The SMILES string of the molecule is Nc1ccc2[nH]c(C(=O)O)c(N)c2c1. The number of benzene rings is 1. The van der Waals surface area contributed by atoms with Gasteiger partial charge in [-0.1, -0.05) is 0 Å². The molecule has 0 bridgehead atoms. The summed E-state index contributed by atoms with van der Waals surface area (Å²) < 4.78 is 0. The molecule has 0 radical (unpaired) electrons. The number of H-pyrrole nitrogens is 1. The summed E-state index contributed by atoms with van der Waals surface area (Å²) in [7, 11) is 0. The van der Waals surface area contributed by atoms with Crippen LogP contribution in [0.3, 0.4) is 0 Å². The van der Waals surface area contributed by atoms with Gasteiger partial charge in [-0.2, -0.15) is 0 Å². The monoisotopic (exact) mass is 191 g/mol. The number of anilines is 2. The van der Waals surface area contributed by atoms with Crippen molar-refractivity contribution < 1.29 is 9.90 Å². The Kier molecular flexibility index (Phi) is 1.60. The van der Waals surface area contributed by atoms with Gasteiger partial charge >= 0.3 is 5.97 Å². The van der Waals surface area contributed by atoms with Crippen molar-refractivity contribution >= 4 is 28.2 Å². The standard InChI is InChI=1S/C9H9N3O2/c10-4-1-2-6-5(3-4)7(11)8(12-6)9(13)14/h1-3,12H,10-11H2,(H,13,14). The lowest BCUT2D eigenvalue weighted by Crippen LogP contribution is -2.00. The number of carboxylic acids is 1. The molecule has 0 aliphatic carbocycles. The van der Waals surface area contributed by atoms with Crippen molar-refractivity contribution in [3.63, 3.8) is 0 Å². The smallest absolute Gasteiger partial charge is 0.354 e. The molecule has 0 aliphatic heterocycles. The summed E-state index contributed by atoms with van der Waals surface area (Å²) in [6.07, 6.45) is 0. The van der Waals surface area contributed by atoms with Gasteiger partial charge in [-0.05, 0) is 18.2 Å². The third kappa shape index (κ3) is 1.06. The minimum Gasteiger partial charge on any atom is -0.477 e. The average Bonchev–Trinajstić information content (AvgIpc) is 2.44. The number of rotatable bonds is 1. The van der Waals surface area contributed by atoms with Crippen molar-refractivity contribution in [2.75, 3.05) is 11.5 Å². The van der Waals surface area contributed by atoms with E-state index in [0.717, 1.165) is 0 Å². The van der Waals surface area contributed by atoms with E-state index in [1.807, 2.05) is 0 Å². The van der Waals surface area contributed by atoms with E-state index in [4.69, 9.17) is 16.6 Å². The van der Waals surface area contributed by atoms with Crippen LogP contribution in [0.4, 0.5) is 11.4 Å². The second-order valence-corrected chi connectivity index (χ2v) is 3.02. The number of nitrogens with two attached hydrogens (primary N) is 2. The van der Waals surface area contributed by atoms with Gasteiger partial charge < -0.3 is 21.6 Å². The molecule has 0 fully saturated rings. The highest BCUT2D eigenvalue weighted by Crippen LogP contribution is 2.26. The summed E-state index contributed by atoms with van der Waals surface area (Å²) in [6, 6.07) is 5.03. The molecule has 2 rings (SSSR count). The molecule has 0 aliphatic rings. The topological polar surface area (TPSA) is 105 Å². The van der Waals surface area contributed by atoms with Crippen LogP contribution in [-0.4, -0.2) is 16.1 Å². The third-order valence-electron chi connectivity index (χ3n) is 2.08. The fourth-order valence-corrected chi connectivity index (χ4v) is 1.40. The highest BCUT2D eigenvalue weighted by molar-refractivity contribution is 6.05. The molecule has 1 aromatic carbocycles. The lowest BCUT2D eigenvalue weighted by Gasteiger charge is -1.93. The summed E-state index contributed by atoms with van der Waals surface area (Å²) in [5, 5.41) is 9.43. The van der Waals surface area contributed by atoms with E-state index in [1.165, 1.54) is 0 Å². The maximum atomic E-state index is 10.7. The Labute approximate surface area is 79.3 Å². The predicted molar refractivity (Wildman–Crippen MR) is 54.1 cm³/mol. The number of hydrogen-bond donors (Lipinski definition) is 4. The van der Waals surface area contributed by atoms with Gasteiger partial charge in [-0.3, -0.25) is 0 Å². The third-order valence-corrected chi connectivity index (χ3v) is 2.08. The van der Waals surface area contributed by atoms with Crippen LogP contribution < -0.4 is 11.5 Å². The van der Waals surface area contributed by atoms with Crippen molar-refractivity contribution in [3.8, 4) is 0 Å². The maximum Gasteiger partial charge on any atom is 0.354 e. The van der Waals surface area contributed by atoms with E-state index >= 15 is 0 Å². The molecule has 72 valence electrons. The van der Waals surface area contributed by atoms with Gasteiger partial charge in [-0.15, -0.1) is 0 Å². The van der Waals surface area contributed by atoms with Crippen molar-refractivity contribution in [1.29, 1.82) is 0 Å². The number of carbonyl (C=O) groups is 1. The number of nitrogens with one attached hydrogen (secondary N) is 1. The number of carboxylic acid groups (broad SMARTS) is 1. The lowest BCUT2D eigenvalue weighted by molar-refractivity contribution is 0.0692. The number of aromatic carboxylic acids is 1. The Morgan fingerprint density at radius 2 is 2.07 bits per heavy atom. The second-order valence-electron chi connectivity index (χ2n) is 3.02. The van der Waals surface area contributed by atoms with Crippen LogP contribution >= 0.6 is 0 Å². The lowest BCUT2D eigenvalue weighted by atomic mass is 10.2. The molecular formula is C9H9N3O2. The Bertz CT molecular complexity index is 516. The van der Waals surface area contributed by atoms with Crippen LogP contribution in [-0.2, 0) is 0 Å². The van der Waals surface area contributed by atoms with Crippen molar-refractivity contribution in [3.05, 3.63) is 23.9 Å². The Morgan fingerprint density at radius 3 is 2.71 bits per heavy atom. The van der Waals surface area contributed by atoms with E-state index in [0.29, 0.717) is 16.6 Å². The van der Waals surface area contributed by atoms with Gasteiger partial charge in [0, 0.05) is 16.6 Å². The highest BCUT2D eigenvalue weighted by Gasteiger charge is 2.13. The van der Waals surface area contributed by atoms with E-state index in [2.05, 4.69) is 4.98 Å². The predicted octanol–water partition coefficient (Wildman–Crippen LogP) is 1.03. The van der Waals surface area contributed by atoms with E-state index in [1.54, 1.807) is 18.2 Å². The average molecular weight is 191 g/mol.